The van der Waals surface area contributed by atoms with E-state index in [0.717, 1.165) is 0 Å². The Morgan fingerprint density at radius 2 is 1.32 bits per heavy atom. The molecular weight excluding hydrogens is 406 g/mol. The van der Waals surface area contributed by atoms with Crippen molar-refractivity contribution in [1.82, 2.24) is 4.98 Å². The topological polar surface area (TPSA) is 38.9 Å². The fourth-order valence-electron chi connectivity index (χ4n) is 1.66. The van der Waals surface area contributed by atoms with Crippen molar-refractivity contribution in [1.29, 1.82) is 0 Å². The van der Waals surface area contributed by atoms with Crippen molar-refractivity contribution < 1.29 is 13.2 Å². The normalized spacial score (nSPS) is 11.8. The first kappa shape index (κ1) is 17.8. The molecule has 2 nitrogen and oxygen atoms in total. The van der Waals surface area contributed by atoms with Crippen LogP contribution >= 0.6 is 58.0 Å². The summed E-state index contributed by atoms with van der Waals surface area (Å²) in [5, 5.41) is -0.504. The monoisotopic (exact) mass is 408 g/mol. The molecule has 10 heteroatoms. The predicted octanol–water partition coefficient (Wildman–Crippen LogP) is 6.62. The number of aromatic nitrogens is 1. The van der Waals surface area contributed by atoms with E-state index in [0.29, 0.717) is 12.3 Å². The Kier molecular flexibility index (Phi) is 4.95. The average molecular weight is 410 g/mol. The molecule has 1 aromatic carbocycles. The molecule has 0 saturated heterocycles. The number of benzene rings is 1. The van der Waals surface area contributed by atoms with Crippen LogP contribution in [0.1, 0.15) is 5.56 Å². The van der Waals surface area contributed by atoms with E-state index in [1.807, 2.05) is 0 Å². The first-order chi connectivity index (χ1) is 10.1. The summed E-state index contributed by atoms with van der Waals surface area (Å²) in [5.74, 6) is 0. The second-order valence-corrected chi connectivity index (χ2v) is 5.99. The molecule has 118 valence electrons. The van der Waals surface area contributed by atoms with Gasteiger partial charge >= 0.3 is 6.18 Å². The molecule has 0 radical (unpaired) electrons. The Balaban J connectivity index is 2.74. The predicted molar refractivity (Wildman–Crippen MR) is 84.1 cm³/mol. The standard InChI is InChI=1S/C12H4Cl5F3N2/c13-6-5(7(14)9(16)10(17)8(6)15)11-4(21)1-3(2-22-11)12(18,19)20/h1-2H,21H2. The van der Waals surface area contributed by atoms with Gasteiger partial charge in [-0.2, -0.15) is 13.2 Å². The molecule has 0 aliphatic heterocycles. The zero-order valence-electron chi connectivity index (χ0n) is 10.2. The van der Waals surface area contributed by atoms with Gasteiger partial charge in [0.1, 0.15) is 0 Å². The van der Waals surface area contributed by atoms with Crippen LogP contribution in [-0.2, 0) is 6.18 Å². The fraction of sp³-hybridized carbons (Fsp3) is 0.0833. The third-order valence-corrected chi connectivity index (χ3v) is 4.97. The van der Waals surface area contributed by atoms with E-state index in [-0.39, 0.29) is 42.1 Å². The van der Waals surface area contributed by atoms with Gasteiger partial charge in [-0.3, -0.25) is 4.98 Å². The Morgan fingerprint density at radius 3 is 1.73 bits per heavy atom. The molecule has 0 aliphatic rings. The van der Waals surface area contributed by atoms with Crippen LogP contribution in [0.4, 0.5) is 18.9 Å². The van der Waals surface area contributed by atoms with Crippen LogP contribution in [-0.4, -0.2) is 4.98 Å². The van der Waals surface area contributed by atoms with Gasteiger partial charge in [0.05, 0.1) is 42.1 Å². The summed E-state index contributed by atoms with van der Waals surface area (Å²) in [6.07, 6.45) is -3.97. The summed E-state index contributed by atoms with van der Waals surface area (Å²) in [4.78, 5) is 3.67. The quantitative estimate of drug-likeness (QED) is 0.424. The molecule has 0 fully saturated rings. The maximum absolute atomic E-state index is 12.6. The Morgan fingerprint density at radius 1 is 0.864 bits per heavy atom. The first-order valence-electron chi connectivity index (χ1n) is 5.40. The van der Waals surface area contributed by atoms with E-state index in [2.05, 4.69) is 4.98 Å². The number of nitrogens with two attached hydrogens (primary N) is 1. The van der Waals surface area contributed by atoms with Crippen molar-refractivity contribution >= 4 is 63.7 Å². The van der Waals surface area contributed by atoms with E-state index in [4.69, 9.17) is 63.7 Å². The van der Waals surface area contributed by atoms with Crippen LogP contribution in [0.3, 0.4) is 0 Å². The summed E-state index contributed by atoms with van der Waals surface area (Å²) < 4.78 is 37.9. The van der Waals surface area contributed by atoms with Gasteiger partial charge < -0.3 is 5.73 Å². The highest BCUT2D eigenvalue weighted by atomic mass is 35.5. The van der Waals surface area contributed by atoms with Crippen LogP contribution in [0.5, 0.6) is 0 Å². The Bertz CT molecular complexity index is 732. The minimum absolute atomic E-state index is 0.00829. The molecule has 0 spiro atoms. The second kappa shape index (κ2) is 6.13. The smallest absolute Gasteiger partial charge is 0.397 e. The second-order valence-electron chi connectivity index (χ2n) is 4.10. The number of pyridine rings is 1. The molecule has 0 saturated carbocycles. The van der Waals surface area contributed by atoms with Gasteiger partial charge in [-0.1, -0.05) is 58.0 Å². The van der Waals surface area contributed by atoms with Gasteiger partial charge in [-0.25, -0.2) is 0 Å². The highest BCUT2D eigenvalue weighted by Crippen LogP contribution is 2.49. The van der Waals surface area contributed by atoms with Crippen molar-refractivity contribution in [2.45, 2.75) is 6.18 Å². The van der Waals surface area contributed by atoms with Crippen LogP contribution in [0, 0.1) is 0 Å². The molecule has 2 aromatic rings. The van der Waals surface area contributed by atoms with Gasteiger partial charge in [-0.05, 0) is 6.07 Å². The number of hydrogen-bond acceptors (Lipinski definition) is 2. The van der Waals surface area contributed by atoms with Crippen molar-refractivity contribution in [2.24, 2.45) is 0 Å². The maximum Gasteiger partial charge on any atom is 0.417 e. The number of nitrogens with zero attached hydrogens (tertiary/aromatic N) is 1. The van der Waals surface area contributed by atoms with Gasteiger partial charge in [-0.15, -0.1) is 0 Å². The Hall–Kier alpha value is -0.590. The van der Waals surface area contributed by atoms with Crippen molar-refractivity contribution in [3.05, 3.63) is 42.9 Å². The van der Waals surface area contributed by atoms with E-state index >= 15 is 0 Å². The average Bonchev–Trinajstić information content (AvgIpc) is 2.43. The highest BCUT2D eigenvalue weighted by molar-refractivity contribution is 6.56. The SMILES string of the molecule is Nc1cc(C(F)(F)F)cnc1-c1c(Cl)c(Cl)c(Cl)c(Cl)c1Cl. The lowest BCUT2D eigenvalue weighted by Gasteiger charge is -2.15. The number of anilines is 1. The van der Waals surface area contributed by atoms with Crippen LogP contribution < -0.4 is 5.73 Å². The molecule has 0 atom stereocenters. The number of hydrogen-bond donors (Lipinski definition) is 1. The summed E-state index contributed by atoms with van der Waals surface area (Å²) in [7, 11) is 0. The molecular formula is C12H4Cl5F3N2. The molecule has 2 rings (SSSR count). The molecule has 1 aromatic heterocycles. The third kappa shape index (κ3) is 3.05. The van der Waals surface area contributed by atoms with E-state index in [1.54, 1.807) is 0 Å². The van der Waals surface area contributed by atoms with E-state index in [1.165, 1.54) is 0 Å². The fourth-order valence-corrected chi connectivity index (χ4v) is 2.98. The molecule has 0 amide bonds. The lowest BCUT2D eigenvalue weighted by Crippen LogP contribution is -2.07. The van der Waals surface area contributed by atoms with E-state index in [9.17, 15) is 13.2 Å². The van der Waals surface area contributed by atoms with Gasteiger partial charge in [0.15, 0.2) is 0 Å². The minimum Gasteiger partial charge on any atom is -0.397 e. The number of nitrogen functional groups attached to an aromatic ring is 1. The van der Waals surface area contributed by atoms with Gasteiger partial charge in [0.2, 0.25) is 0 Å². The maximum atomic E-state index is 12.6. The summed E-state index contributed by atoms with van der Waals surface area (Å²) in [6, 6.07) is 0.714. The third-order valence-electron chi connectivity index (χ3n) is 2.69. The molecule has 0 aliphatic carbocycles. The zero-order valence-corrected chi connectivity index (χ0v) is 14.0. The lowest BCUT2D eigenvalue weighted by molar-refractivity contribution is -0.137. The van der Waals surface area contributed by atoms with Crippen LogP contribution in [0.15, 0.2) is 12.3 Å². The minimum atomic E-state index is -4.58. The number of alkyl halides is 3. The van der Waals surface area contributed by atoms with Gasteiger partial charge in [0, 0.05) is 11.8 Å². The molecule has 1 heterocycles. The van der Waals surface area contributed by atoms with Gasteiger partial charge in [0.25, 0.3) is 0 Å². The van der Waals surface area contributed by atoms with Crippen LogP contribution in [0.25, 0.3) is 11.3 Å². The molecule has 0 unspecified atom stereocenters. The molecule has 0 bridgehead atoms. The molecule has 22 heavy (non-hydrogen) atoms. The number of halogens is 8. The van der Waals surface area contributed by atoms with Crippen molar-refractivity contribution in [2.75, 3.05) is 5.73 Å². The summed E-state index contributed by atoms with van der Waals surface area (Å²) in [5.41, 5.74) is 4.26. The van der Waals surface area contributed by atoms with Crippen molar-refractivity contribution in [3.8, 4) is 11.3 Å². The highest BCUT2D eigenvalue weighted by Gasteiger charge is 2.32. The van der Waals surface area contributed by atoms with Crippen molar-refractivity contribution in [3.63, 3.8) is 0 Å². The largest absolute Gasteiger partial charge is 0.417 e. The zero-order chi connectivity index (χ0) is 16.8. The van der Waals surface area contributed by atoms with Crippen LogP contribution in [0.2, 0.25) is 25.1 Å². The summed E-state index contributed by atoms with van der Waals surface area (Å²) >= 11 is 29.7. The Labute approximate surface area is 147 Å². The summed E-state index contributed by atoms with van der Waals surface area (Å²) in [6.45, 7) is 0. The van der Waals surface area contributed by atoms with E-state index < -0.39 is 11.7 Å². The number of rotatable bonds is 1. The molecule has 2 N–H and O–H groups in total. The lowest BCUT2D eigenvalue weighted by atomic mass is 10.1. The first-order valence-corrected chi connectivity index (χ1v) is 7.29.